The molecule has 1 aromatic carbocycles. The summed E-state index contributed by atoms with van der Waals surface area (Å²) < 4.78 is 26.8. The molecule has 1 atom stereocenters. The second-order valence-electron chi connectivity index (χ2n) is 3.98. The predicted octanol–water partition coefficient (Wildman–Crippen LogP) is 1.57. The van der Waals surface area contributed by atoms with Crippen LogP contribution in [0.1, 0.15) is 24.0 Å². The lowest BCUT2D eigenvalue weighted by Gasteiger charge is -2.22. The molecule has 0 bridgehead atoms. The lowest BCUT2D eigenvalue weighted by molar-refractivity contribution is -0.143. The molecule has 2 N–H and O–H groups in total. The highest BCUT2D eigenvalue weighted by Gasteiger charge is 2.42. The summed E-state index contributed by atoms with van der Waals surface area (Å²) in [7, 11) is 0. The maximum atomic E-state index is 13.5. The summed E-state index contributed by atoms with van der Waals surface area (Å²) >= 11 is 0. The van der Waals surface area contributed by atoms with Gasteiger partial charge in [-0.2, -0.15) is 0 Å². The molecule has 16 heavy (non-hydrogen) atoms. The van der Waals surface area contributed by atoms with Gasteiger partial charge in [0.25, 0.3) is 0 Å². The zero-order valence-corrected chi connectivity index (χ0v) is 8.33. The Morgan fingerprint density at radius 3 is 2.62 bits per heavy atom. The van der Waals surface area contributed by atoms with Crippen LogP contribution in [0, 0.1) is 11.6 Å². The van der Waals surface area contributed by atoms with Gasteiger partial charge in [0.15, 0.2) is 0 Å². The maximum Gasteiger partial charge on any atom is 0.306 e. The number of hydrogen-bond acceptors (Lipinski definition) is 2. The van der Waals surface area contributed by atoms with Gasteiger partial charge in [-0.05, 0) is 30.5 Å². The average Bonchev–Trinajstić information content (AvgIpc) is 2.50. The molecule has 1 unspecified atom stereocenters. The van der Waals surface area contributed by atoms with Gasteiger partial charge < -0.3 is 10.2 Å². The van der Waals surface area contributed by atoms with Crippen molar-refractivity contribution in [3.05, 3.63) is 34.9 Å². The van der Waals surface area contributed by atoms with Crippen molar-refractivity contribution < 1.29 is 23.8 Å². The summed E-state index contributed by atoms with van der Waals surface area (Å²) in [4.78, 5) is 10.6. The fourth-order valence-electron chi connectivity index (χ4n) is 2.23. The first-order valence-electron chi connectivity index (χ1n) is 4.85. The molecule has 0 heterocycles. The molecule has 0 saturated heterocycles. The van der Waals surface area contributed by atoms with E-state index in [1.54, 1.807) is 0 Å². The first kappa shape index (κ1) is 11.0. The summed E-state index contributed by atoms with van der Waals surface area (Å²) in [5.74, 6) is -2.59. The third-order valence-electron chi connectivity index (χ3n) is 2.90. The topological polar surface area (TPSA) is 57.5 Å². The highest BCUT2D eigenvalue weighted by atomic mass is 19.1. The summed E-state index contributed by atoms with van der Waals surface area (Å²) in [5.41, 5.74) is -1.90. The fraction of sp³-hybridized carbons (Fsp3) is 0.364. The SMILES string of the molecule is O=C(O)CC1(O)CCc2c(F)ccc(F)c21. The number of carboxylic acids is 1. The van der Waals surface area contributed by atoms with E-state index in [4.69, 9.17) is 5.11 Å². The van der Waals surface area contributed by atoms with E-state index < -0.39 is 29.6 Å². The fourth-order valence-corrected chi connectivity index (χ4v) is 2.23. The Labute approximate surface area is 90.3 Å². The van der Waals surface area contributed by atoms with Crippen LogP contribution in [0.3, 0.4) is 0 Å². The monoisotopic (exact) mass is 228 g/mol. The highest BCUT2D eigenvalue weighted by molar-refractivity contribution is 5.69. The van der Waals surface area contributed by atoms with Gasteiger partial charge in [0.05, 0.1) is 6.42 Å². The van der Waals surface area contributed by atoms with Crippen LogP contribution in [0.2, 0.25) is 0 Å². The molecule has 0 aromatic heterocycles. The highest BCUT2D eigenvalue weighted by Crippen LogP contribution is 2.41. The molecule has 0 amide bonds. The normalized spacial score (nSPS) is 23.2. The number of hydrogen-bond donors (Lipinski definition) is 2. The molecule has 0 saturated carbocycles. The Balaban J connectivity index is 2.53. The third-order valence-corrected chi connectivity index (χ3v) is 2.90. The van der Waals surface area contributed by atoms with Gasteiger partial charge in [-0.25, -0.2) is 8.78 Å². The van der Waals surface area contributed by atoms with E-state index in [0.717, 1.165) is 12.1 Å². The standard InChI is InChI=1S/C11H10F2O3/c12-7-1-2-8(13)10-6(7)3-4-11(10,16)5-9(14)15/h1-2,16H,3-5H2,(H,14,15). The predicted molar refractivity (Wildman–Crippen MR) is 50.8 cm³/mol. The van der Waals surface area contributed by atoms with Crippen molar-refractivity contribution >= 4 is 5.97 Å². The van der Waals surface area contributed by atoms with Crippen LogP contribution in [0.15, 0.2) is 12.1 Å². The molecule has 1 aliphatic rings. The van der Waals surface area contributed by atoms with E-state index >= 15 is 0 Å². The Bertz CT molecular complexity index is 459. The Morgan fingerprint density at radius 2 is 2.00 bits per heavy atom. The minimum absolute atomic E-state index is 0.0342. The van der Waals surface area contributed by atoms with Gasteiger partial charge in [0.1, 0.15) is 17.2 Å². The molecule has 86 valence electrons. The number of halogens is 2. The lowest BCUT2D eigenvalue weighted by Crippen LogP contribution is -2.27. The number of fused-ring (bicyclic) bond motifs is 1. The second-order valence-corrected chi connectivity index (χ2v) is 3.98. The van der Waals surface area contributed by atoms with Gasteiger partial charge in [-0.1, -0.05) is 0 Å². The largest absolute Gasteiger partial charge is 0.481 e. The van der Waals surface area contributed by atoms with E-state index in [9.17, 15) is 18.7 Å². The zero-order valence-electron chi connectivity index (χ0n) is 8.33. The molecule has 0 fully saturated rings. The quantitative estimate of drug-likeness (QED) is 0.807. The van der Waals surface area contributed by atoms with Gasteiger partial charge in [0.2, 0.25) is 0 Å². The van der Waals surface area contributed by atoms with Crippen molar-refractivity contribution in [3.63, 3.8) is 0 Å². The molecule has 0 radical (unpaired) electrons. The van der Waals surface area contributed by atoms with Gasteiger partial charge in [-0.3, -0.25) is 4.79 Å². The number of aliphatic carboxylic acids is 1. The van der Waals surface area contributed by atoms with E-state index in [1.807, 2.05) is 0 Å². The molecule has 3 nitrogen and oxygen atoms in total. The summed E-state index contributed by atoms with van der Waals surface area (Å²) in [6.07, 6.45) is -0.421. The molecule has 1 aliphatic carbocycles. The first-order valence-corrected chi connectivity index (χ1v) is 4.85. The minimum Gasteiger partial charge on any atom is -0.481 e. The number of carboxylic acid groups (broad SMARTS) is 1. The molecule has 5 heteroatoms. The van der Waals surface area contributed by atoms with Crippen LogP contribution in [0.25, 0.3) is 0 Å². The average molecular weight is 228 g/mol. The number of aliphatic hydroxyl groups is 1. The Kier molecular flexibility index (Phi) is 2.42. The van der Waals surface area contributed by atoms with Crippen LogP contribution in [-0.4, -0.2) is 16.2 Å². The second kappa shape index (κ2) is 3.52. The van der Waals surface area contributed by atoms with E-state index in [-0.39, 0.29) is 24.0 Å². The van der Waals surface area contributed by atoms with Crippen LogP contribution >= 0.6 is 0 Å². The molecule has 2 rings (SSSR count). The van der Waals surface area contributed by atoms with Crippen LogP contribution in [-0.2, 0) is 16.8 Å². The van der Waals surface area contributed by atoms with Crippen molar-refractivity contribution in [1.82, 2.24) is 0 Å². The van der Waals surface area contributed by atoms with Crippen LogP contribution < -0.4 is 0 Å². The Hall–Kier alpha value is -1.49. The van der Waals surface area contributed by atoms with Crippen molar-refractivity contribution in [2.75, 3.05) is 0 Å². The number of carbonyl (C=O) groups is 1. The van der Waals surface area contributed by atoms with Gasteiger partial charge >= 0.3 is 5.97 Å². The zero-order chi connectivity index (χ0) is 11.9. The summed E-state index contributed by atoms with van der Waals surface area (Å²) in [6.45, 7) is 0. The third kappa shape index (κ3) is 1.57. The Morgan fingerprint density at radius 1 is 1.38 bits per heavy atom. The van der Waals surface area contributed by atoms with Gasteiger partial charge in [-0.15, -0.1) is 0 Å². The van der Waals surface area contributed by atoms with E-state index in [2.05, 4.69) is 0 Å². The molecule has 0 aliphatic heterocycles. The van der Waals surface area contributed by atoms with Crippen molar-refractivity contribution in [2.24, 2.45) is 0 Å². The first-order chi connectivity index (χ1) is 7.44. The van der Waals surface area contributed by atoms with Crippen LogP contribution in [0.4, 0.5) is 8.78 Å². The molecular formula is C11H10F2O3. The van der Waals surface area contributed by atoms with Crippen LogP contribution in [0.5, 0.6) is 0 Å². The summed E-state index contributed by atoms with van der Waals surface area (Å²) in [5, 5.41) is 18.7. The maximum absolute atomic E-state index is 13.5. The van der Waals surface area contributed by atoms with Crippen molar-refractivity contribution in [1.29, 1.82) is 0 Å². The van der Waals surface area contributed by atoms with Crippen molar-refractivity contribution in [2.45, 2.75) is 24.9 Å². The smallest absolute Gasteiger partial charge is 0.306 e. The number of benzene rings is 1. The van der Waals surface area contributed by atoms with E-state index in [0.29, 0.717) is 0 Å². The van der Waals surface area contributed by atoms with Gasteiger partial charge in [0, 0.05) is 5.56 Å². The number of rotatable bonds is 2. The minimum atomic E-state index is -1.78. The van der Waals surface area contributed by atoms with E-state index in [1.165, 1.54) is 0 Å². The lowest BCUT2D eigenvalue weighted by atomic mass is 9.92. The molecular weight excluding hydrogens is 218 g/mol. The summed E-state index contributed by atoms with van der Waals surface area (Å²) in [6, 6.07) is 1.90. The molecule has 0 spiro atoms. The van der Waals surface area contributed by atoms with Crippen molar-refractivity contribution in [3.8, 4) is 0 Å². The molecule has 1 aromatic rings.